The first kappa shape index (κ1) is 10.2. The molecule has 0 aromatic carbocycles. The minimum Gasteiger partial charge on any atom is -0.377 e. The SMILES string of the molecule is CCCCOC/C=C(/C)C#N. The van der Waals surface area contributed by atoms with Crippen molar-refractivity contribution in [2.45, 2.75) is 26.7 Å². The first-order chi connectivity index (χ1) is 5.31. The Labute approximate surface area is 68.5 Å². The molecule has 0 rings (SSSR count). The second kappa shape index (κ2) is 7.30. The molecular formula is C9H15NO. The molecule has 11 heavy (non-hydrogen) atoms. The number of ether oxygens (including phenoxy) is 1. The van der Waals surface area contributed by atoms with E-state index in [1.807, 2.05) is 6.07 Å². The number of rotatable bonds is 5. The van der Waals surface area contributed by atoms with Gasteiger partial charge < -0.3 is 4.74 Å². The fourth-order valence-electron chi connectivity index (χ4n) is 0.559. The molecule has 0 fully saturated rings. The van der Waals surface area contributed by atoms with E-state index in [9.17, 15) is 0 Å². The summed E-state index contributed by atoms with van der Waals surface area (Å²) in [6.07, 6.45) is 4.05. The zero-order chi connectivity index (χ0) is 8.53. The maximum atomic E-state index is 8.36. The molecular weight excluding hydrogens is 138 g/mol. The molecule has 2 nitrogen and oxygen atoms in total. The highest BCUT2D eigenvalue weighted by Gasteiger charge is 1.85. The predicted molar refractivity (Wildman–Crippen MR) is 45.1 cm³/mol. The van der Waals surface area contributed by atoms with Gasteiger partial charge in [-0.1, -0.05) is 13.3 Å². The minimum atomic E-state index is 0.569. The van der Waals surface area contributed by atoms with Crippen molar-refractivity contribution in [3.8, 4) is 6.07 Å². The van der Waals surface area contributed by atoms with E-state index in [2.05, 4.69) is 6.92 Å². The van der Waals surface area contributed by atoms with Crippen molar-refractivity contribution in [3.05, 3.63) is 11.6 Å². The number of hydrogen-bond acceptors (Lipinski definition) is 2. The first-order valence-electron chi connectivity index (χ1n) is 3.95. The fraction of sp³-hybridized carbons (Fsp3) is 0.667. The summed E-state index contributed by atoms with van der Waals surface area (Å²) >= 11 is 0. The fourth-order valence-corrected chi connectivity index (χ4v) is 0.559. The smallest absolute Gasteiger partial charge is 0.0941 e. The standard InChI is InChI=1S/C9H15NO/c1-3-4-6-11-7-5-9(2)8-10/h5H,3-4,6-7H2,1-2H3/b9-5-. The van der Waals surface area contributed by atoms with Crippen LogP contribution < -0.4 is 0 Å². The molecule has 0 aliphatic heterocycles. The van der Waals surface area contributed by atoms with Gasteiger partial charge in [-0.15, -0.1) is 0 Å². The molecule has 0 saturated carbocycles. The normalized spacial score (nSPS) is 11.2. The maximum Gasteiger partial charge on any atom is 0.0941 e. The third-order valence-electron chi connectivity index (χ3n) is 1.33. The largest absolute Gasteiger partial charge is 0.377 e. The molecule has 0 saturated heterocycles. The Morgan fingerprint density at radius 3 is 2.91 bits per heavy atom. The van der Waals surface area contributed by atoms with Crippen LogP contribution in [0.15, 0.2) is 11.6 Å². The zero-order valence-corrected chi connectivity index (χ0v) is 7.26. The molecule has 2 heteroatoms. The van der Waals surface area contributed by atoms with Crippen LogP contribution in [0.25, 0.3) is 0 Å². The zero-order valence-electron chi connectivity index (χ0n) is 7.26. The van der Waals surface area contributed by atoms with Crippen LogP contribution in [-0.2, 0) is 4.74 Å². The van der Waals surface area contributed by atoms with Crippen LogP contribution in [0.3, 0.4) is 0 Å². The van der Waals surface area contributed by atoms with Crippen LogP contribution in [0.4, 0.5) is 0 Å². The van der Waals surface area contributed by atoms with Gasteiger partial charge in [0.15, 0.2) is 0 Å². The van der Waals surface area contributed by atoms with Gasteiger partial charge in [0.25, 0.3) is 0 Å². The summed E-state index contributed by atoms with van der Waals surface area (Å²) in [6.45, 7) is 5.27. The van der Waals surface area contributed by atoms with Crippen molar-refractivity contribution in [2.24, 2.45) is 0 Å². The highest BCUT2D eigenvalue weighted by molar-refractivity contribution is 5.16. The molecule has 0 atom stereocenters. The molecule has 62 valence electrons. The van der Waals surface area contributed by atoms with Crippen molar-refractivity contribution in [1.29, 1.82) is 5.26 Å². The van der Waals surface area contributed by atoms with E-state index in [-0.39, 0.29) is 0 Å². The molecule has 0 aliphatic rings. The third-order valence-corrected chi connectivity index (χ3v) is 1.33. The summed E-state index contributed by atoms with van der Waals surface area (Å²) in [7, 11) is 0. The predicted octanol–water partition coefficient (Wildman–Crippen LogP) is 2.27. The van der Waals surface area contributed by atoms with E-state index in [1.165, 1.54) is 0 Å². The molecule has 0 N–H and O–H groups in total. The molecule has 0 aromatic rings. The second-order valence-corrected chi connectivity index (χ2v) is 2.43. The van der Waals surface area contributed by atoms with Gasteiger partial charge in [-0.2, -0.15) is 5.26 Å². The first-order valence-corrected chi connectivity index (χ1v) is 3.95. The highest BCUT2D eigenvalue weighted by Crippen LogP contribution is 1.91. The van der Waals surface area contributed by atoms with E-state index in [0.717, 1.165) is 25.0 Å². The van der Waals surface area contributed by atoms with Gasteiger partial charge in [0.1, 0.15) is 0 Å². The van der Waals surface area contributed by atoms with Crippen LogP contribution in [0, 0.1) is 11.3 Å². The van der Waals surface area contributed by atoms with Gasteiger partial charge in [-0.3, -0.25) is 0 Å². The Hall–Kier alpha value is -0.810. The average molecular weight is 153 g/mol. The van der Waals surface area contributed by atoms with E-state index < -0.39 is 0 Å². The lowest BCUT2D eigenvalue weighted by Crippen LogP contribution is -1.93. The summed E-state index contributed by atoms with van der Waals surface area (Å²) in [6, 6.07) is 2.04. The lowest BCUT2D eigenvalue weighted by Gasteiger charge is -1.97. The molecule has 0 radical (unpaired) electrons. The number of allylic oxidation sites excluding steroid dienone is 1. The van der Waals surface area contributed by atoms with Gasteiger partial charge in [0.2, 0.25) is 0 Å². The van der Waals surface area contributed by atoms with E-state index in [4.69, 9.17) is 10.00 Å². The number of unbranched alkanes of at least 4 members (excludes halogenated alkanes) is 1. The van der Waals surface area contributed by atoms with Crippen LogP contribution in [0.5, 0.6) is 0 Å². The Kier molecular flexibility index (Phi) is 6.76. The Balaban J connectivity index is 3.21. The molecule has 0 spiro atoms. The van der Waals surface area contributed by atoms with Gasteiger partial charge in [-0.05, 0) is 19.4 Å². The summed E-state index contributed by atoms with van der Waals surface area (Å²) in [5.74, 6) is 0. The van der Waals surface area contributed by atoms with Crippen molar-refractivity contribution in [2.75, 3.05) is 13.2 Å². The van der Waals surface area contributed by atoms with Gasteiger partial charge in [0.05, 0.1) is 12.7 Å². The van der Waals surface area contributed by atoms with Crippen molar-refractivity contribution >= 4 is 0 Å². The Morgan fingerprint density at radius 2 is 2.36 bits per heavy atom. The Morgan fingerprint density at radius 1 is 1.64 bits per heavy atom. The quantitative estimate of drug-likeness (QED) is 0.448. The second-order valence-electron chi connectivity index (χ2n) is 2.43. The van der Waals surface area contributed by atoms with E-state index >= 15 is 0 Å². The molecule has 0 amide bonds. The van der Waals surface area contributed by atoms with Crippen LogP contribution >= 0.6 is 0 Å². The lowest BCUT2D eigenvalue weighted by molar-refractivity contribution is 0.158. The number of hydrogen-bond donors (Lipinski definition) is 0. The third kappa shape index (κ3) is 7.08. The highest BCUT2D eigenvalue weighted by atomic mass is 16.5. The van der Waals surface area contributed by atoms with Crippen LogP contribution in [0.1, 0.15) is 26.7 Å². The topological polar surface area (TPSA) is 33.0 Å². The van der Waals surface area contributed by atoms with Gasteiger partial charge >= 0.3 is 0 Å². The van der Waals surface area contributed by atoms with E-state index in [1.54, 1.807) is 13.0 Å². The summed E-state index contributed by atoms with van der Waals surface area (Å²) in [5, 5.41) is 8.36. The van der Waals surface area contributed by atoms with Crippen LogP contribution in [-0.4, -0.2) is 13.2 Å². The Bertz CT molecular complexity index is 155. The summed E-state index contributed by atoms with van der Waals surface area (Å²) in [4.78, 5) is 0. The molecule has 0 bridgehead atoms. The monoisotopic (exact) mass is 153 g/mol. The van der Waals surface area contributed by atoms with Crippen molar-refractivity contribution in [1.82, 2.24) is 0 Å². The number of nitriles is 1. The van der Waals surface area contributed by atoms with Crippen molar-refractivity contribution < 1.29 is 4.74 Å². The molecule has 0 unspecified atom stereocenters. The molecule has 0 aromatic heterocycles. The molecule has 0 aliphatic carbocycles. The van der Waals surface area contributed by atoms with Crippen LogP contribution in [0.2, 0.25) is 0 Å². The molecule has 0 heterocycles. The van der Waals surface area contributed by atoms with Crippen molar-refractivity contribution in [3.63, 3.8) is 0 Å². The van der Waals surface area contributed by atoms with E-state index in [0.29, 0.717) is 6.61 Å². The van der Waals surface area contributed by atoms with Gasteiger partial charge in [0, 0.05) is 12.2 Å². The minimum absolute atomic E-state index is 0.569. The average Bonchev–Trinajstić information content (AvgIpc) is 2.04. The number of nitrogens with zero attached hydrogens (tertiary/aromatic N) is 1. The lowest BCUT2D eigenvalue weighted by atomic mass is 10.3. The van der Waals surface area contributed by atoms with Gasteiger partial charge in [-0.25, -0.2) is 0 Å². The summed E-state index contributed by atoms with van der Waals surface area (Å²) < 4.78 is 5.22. The summed E-state index contributed by atoms with van der Waals surface area (Å²) in [5.41, 5.74) is 0.724. The maximum absolute atomic E-state index is 8.36.